The third-order valence-corrected chi connectivity index (χ3v) is 11.5. The van der Waals surface area contributed by atoms with Crippen LogP contribution in [0.15, 0.2) is 188 Å². The molecule has 0 N–H and O–H groups in total. The lowest BCUT2D eigenvalue weighted by molar-refractivity contribution is 0.666. The van der Waals surface area contributed by atoms with Crippen molar-refractivity contribution in [2.45, 2.75) is 24.7 Å². The van der Waals surface area contributed by atoms with E-state index in [-0.39, 0.29) is 5.41 Å². The SMILES string of the molecule is CC1(C)c2ccccc2-c2cc(N(c3ccccc3)c3ccc4c(c3)C(c3ccccc3)(c3ccccc3)c3ccccc3-4)c3ccccc3c21. The van der Waals surface area contributed by atoms with Crippen molar-refractivity contribution in [1.82, 2.24) is 0 Å². The fourth-order valence-corrected chi connectivity index (χ4v) is 9.40. The first-order valence-electron chi connectivity index (χ1n) is 18.0. The quantitative estimate of drug-likeness (QED) is 0.179. The zero-order chi connectivity index (χ0) is 34.2. The molecule has 242 valence electrons. The van der Waals surface area contributed by atoms with E-state index in [4.69, 9.17) is 0 Å². The van der Waals surface area contributed by atoms with Crippen molar-refractivity contribution in [1.29, 1.82) is 0 Å². The highest BCUT2D eigenvalue weighted by molar-refractivity contribution is 6.07. The van der Waals surface area contributed by atoms with Crippen LogP contribution in [0.4, 0.5) is 17.1 Å². The van der Waals surface area contributed by atoms with Crippen molar-refractivity contribution in [3.05, 3.63) is 221 Å². The van der Waals surface area contributed by atoms with E-state index in [0.717, 1.165) is 11.4 Å². The Kier molecular flexibility index (Phi) is 6.51. The van der Waals surface area contributed by atoms with Gasteiger partial charge in [0.25, 0.3) is 0 Å². The average Bonchev–Trinajstić information content (AvgIpc) is 3.62. The number of anilines is 3. The van der Waals surface area contributed by atoms with Crippen LogP contribution in [0.1, 0.15) is 47.2 Å². The van der Waals surface area contributed by atoms with Crippen LogP contribution < -0.4 is 4.90 Å². The van der Waals surface area contributed by atoms with E-state index in [0.29, 0.717) is 0 Å². The fourth-order valence-electron chi connectivity index (χ4n) is 9.40. The van der Waals surface area contributed by atoms with Gasteiger partial charge < -0.3 is 4.90 Å². The van der Waals surface area contributed by atoms with Crippen LogP contribution in [-0.4, -0.2) is 0 Å². The molecule has 0 radical (unpaired) electrons. The summed E-state index contributed by atoms with van der Waals surface area (Å²) in [5.74, 6) is 0. The van der Waals surface area contributed by atoms with E-state index in [2.05, 4.69) is 207 Å². The maximum Gasteiger partial charge on any atom is 0.0714 e. The number of fused-ring (bicyclic) bond motifs is 8. The summed E-state index contributed by atoms with van der Waals surface area (Å²) in [5.41, 5.74) is 16.1. The van der Waals surface area contributed by atoms with Gasteiger partial charge in [-0.15, -0.1) is 0 Å². The van der Waals surface area contributed by atoms with Gasteiger partial charge in [-0.2, -0.15) is 0 Å². The van der Waals surface area contributed by atoms with E-state index in [1.165, 1.54) is 72.1 Å². The summed E-state index contributed by atoms with van der Waals surface area (Å²) < 4.78 is 0. The van der Waals surface area contributed by atoms with E-state index in [1.807, 2.05) is 0 Å². The number of nitrogens with zero attached hydrogens (tertiary/aromatic N) is 1. The van der Waals surface area contributed by atoms with Crippen LogP contribution in [-0.2, 0) is 10.8 Å². The highest BCUT2D eigenvalue weighted by Gasteiger charge is 2.46. The van der Waals surface area contributed by atoms with Gasteiger partial charge in [0, 0.05) is 22.2 Å². The monoisotopic (exact) mass is 651 g/mol. The van der Waals surface area contributed by atoms with Crippen LogP contribution in [0.3, 0.4) is 0 Å². The largest absolute Gasteiger partial charge is 0.310 e. The molecule has 0 bridgehead atoms. The minimum Gasteiger partial charge on any atom is -0.310 e. The topological polar surface area (TPSA) is 3.24 Å². The smallest absolute Gasteiger partial charge is 0.0714 e. The second-order valence-electron chi connectivity index (χ2n) is 14.5. The molecule has 8 aromatic carbocycles. The van der Waals surface area contributed by atoms with Crippen molar-refractivity contribution in [3.8, 4) is 22.3 Å². The Hall–Kier alpha value is -6.18. The molecule has 2 aliphatic rings. The van der Waals surface area contributed by atoms with Crippen LogP contribution in [0.5, 0.6) is 0 Å². The molecule has 0 spiro atoms. The number of para-hydroxylation sites is 1. The Bertz CT molecular complexity index is 2560. The standard InChI is InChI=1S/C50H37N/c1-49(2)44-28-16-14-25-39(44)43-33-47(41-26-12-13-27-42(41)48(43)49)51(36-22-10-5-11-23-36)37-30-31-40-38-24-15-17-29-45(38)50(46(40)32-37,34-18-6-3-7-19-34)35-20-8-4-9-21-35/h3-33H,1-2H3. The van der Waals surface area contributed by atoms with Gasteiger partial charge in [-0.25, -0.2) is 0 Å². The molecular weight excluding hydrogens is 615 g/mol. The predicted molar refractivity (Wildman–Crippen MR) is 213 cm³/mol. The first-order valence-corrected chi connectivity index (χ1v) is 18.0. The maximum atomic E-state index is 2.49. The van der Waals surface area contributed by atoms with Gasteiger partial charge in [-0.3, -0.25) is 0 Å². The molecule has 0 aliphatic heterocycles. The molecule has 0 saturated carbocycles. The van der Waals surface area contributed by atoms with Crippen LogP contribution in [0, 0.1) is 0 Å². The van der Waals surface area contributed by atoms with Gasteiger partial charge in [0.05, 0.1) is 11.1 Å². The highest BCUT2D eigenvalue weighted by Crippen LogP contribution is 2.58. The van der Waals surface area contributed by atoms with Gasteiger partial charge in [-0.05, 0) is 91.4 Å². The Morgan fingerprint density at radius 1 is 0.373 bits per heavy atom. The molecule has 0 heterocycles. The Balaban J connectivity index is 1.29. The Morgan fingerprint density at radius 2 is 0.882 bits per heavy atom. The maximum absolute atomic E-state index is 2.49. The van der Waals surface area contributed by atoms with Gasteiger partial charge in [0.15, 0.2) is 0 Å². The van der Waals surface area contributed by atoms with Gasteiger partial charge >= 0.3 is 0 Å². The molecular formula is C50H37N. The summed E-state index contributed by atoms with van der Waals surface area (Å²) in [6, 6.07) is 69.6. The lowest BCUT2D eigenvalue weighted by Crippen LogP contribution is -2.28. The van der Waals surface area contributed by atoms with Gasteiger partial charge in [-0.1, -0.05) is 172 Å². The van der Waals surface area contributed by atoms with Gasteiger partial charge in [0.2, 0.25) is 0 Å². The second kappa shape index (κ2) is 11.2. The molecule has 8 aromatic rings. The third kappa shape index (κ3) is 4.15. The summed E-state index contributed by atoms with van der Waals surface area (Å²) in [6.45, 7) is 4.76. The zero-order valence-electron chi connectivity index (χ0n) is 28.8. The Labute approximate surface area is 300 Å². The molecule has 1 heteroatoms. The summed E-state index contributed by atoms with van der Waals surface area (Å²) in [6.07, 6.45) is 0. The summed E-state index contributed by atoms with van der Waals surface area (Å²) in [5, 5.41) is 2.56. The second-order valence-corrected chi connectivity index (χ2v) is 14.5. The molecule has 0 amide bonds. The minimum atomic E-state index is -0.476. The van der Waals surface area contributed by atoms with Crippen LogP contribution in [0.25, 0.3) is 33.0 Å². The Morgan fingerprint density at radius 3 is 1.55 bits per heavy atom. The average molecular weight is 652 g/mol. The van der Waals surface area contributed by atoms with E-state index in [1.54, 1.807) is 0 Å². The summed E-state index contributed by atoms with van der Waals surface area (Å²) in [7, 11) is 0. The molecule has 2 aliphatic carbocycles. The summed E-state index contributed by atoms with van der Waals surface area (Å²) >= 11 is 0. The van der Waals surface area contributed by atoms with Crippen molar-refractivity contribution in [2.75, 3.05) is 4.90 Å². The third-order valence-electron chi connectivity index (χ3n) is 11.5. The van der Waals surface area contributed by atoms with Gasteiger partial charge in [0.1, 0.15) is 0 Å². The molecule has 1 nitrogen and oxygen atoms in total. The minimum absolute atomic E-state index is 0.105. The highest BCUT2D eigenvalue weighted by atomic mass is 15.1. The van der Waals surface area contributed by atoms with E-state index in [9.17, 15) is 0 Å². The summed E-state index contributed by atoms with van der Waals surface area (Å²) in [4.78, 5) is 2.49. The first-order chi connectivity index (χ1) is 25.1. The molecule has 0 saturated heterocycles. The molecule has 0 aromatic heterocycles. The van der Waals surface area contributed by atoms with Crippen LogP contribution >= 0.6 is 0 Å². The molecule has 0 unspecified atom stereocenters. The molecule has 0 fully saturated rings. The molecule has 10 rings (SSSR count). The number of hydrogen-bond acceptors (Lipinski definition) is 1. The predicted octanol–water partition coefficient (Wildman–Crippen LogP) is 13.0. The molecule has 0 atom stereocenters. The fraction of sp³-hybridized carbons (Fsp3) is 0.0800. The number of benzene rings is 8. The number of rotatable bonds is 5. The molecule has 51 heavy (non-hydrogen) atoms. The van der Waals surface area contributed by atoms with Crippen molar-refractivity contribution < 1.29 is 0 Å². The van der Waals surface area contributed by atoms with Crippen molar-refractivity contribution >= 4 is 27.8 Å². The normalized spacial score (nSPS) is 14.4. The van der Waals surface area contributed by atoms with Crippen molar-refractivity contribution in [2.24, 2.45) is 0 Å². The van der Waals surface area contributed by atoms with Crippen molar-refractivity contribution in [3.63, 3.8) is 0 Å². The first kappa shape index (κ1) is 29.7. The number of hydrogen-bond donors (Lipinski definition) is 0. The van der Waals surface area contributed by atoms with E-state index < -0.39 is 5.41 Å². The lowest BCUT2D eigenvalue weighted by Gasteiger charge is -2.35. The zero-order valence-corrected chi connectivity index (χ0v) is 28.8. The van der Waals surface area contributed by atoms with Crippen LogP contribution in [0.2, 0.25) is 0 Å². The van der Waals surface area contributed by atoms with E-state index >= 15 is 0 Å². The lowest BCUT2D eigenvalue weighted by atomic mass is 9.67.